The second kappa shape index (κ2) is 5.76. The summed E-state index contributed by atoms with van der Waals surface area (Å²) in [4.78, 5) is 0. The summed E-state index contributed by atoms with van der Waals surface area (Å²) in [7, 11) is 0. The molecule has 0 heterocycles. The third kappa shape index (κ3) is 4.84. The Hall–Kier alpha value is 0. The van der Waals surface area contributed by atoms with Gasteiger partial charge in [0.15, 0.2) is 0 Å². The lowest BCUT2D eigenvalue weighted by Gasteiger charge is -2.11. The molecule has 0 fully saturated rings. The fourth-order valence-corrected chi connectivity index (χ4v) is 0.918. The summed E-state index contributed by atoms with van der Waals surface area (Å²) in [5.41, 5.74) is 0. The second-order valence-corrected chi connectivity index (χ2v) is 3.40. The summed E-state index contributed by atoms with van der Waals surface area (Å²) < 4.78 is 0. The van der Waals surface area contributed by atoms with Crippen molar-refractivity contribution in [3.63, 3.8) is 0 Å². The molecule has 0 aromatic carbocycles. The first-order valence-electron chi connectivity index (χ1n) is 4.50. The van der Waals surface area contributed by atoms with Crippen LogP contribution in [0.3, 0.4) is 0 Å². The normalized spacial score (nSPS) is 16.8. The van der Waals surface area contributed by atoms with Gasteiger partial charge < -0.3 is 0 Å². The summed E-state index contributed by atoms with van der Waals surface area (Å²) in [6.45, 7) is 9.05. The van der Waals surface area contributed by atoms with E-state index in [1.54, 1.807) is 0 Å². The average Bonchev–Trinajstić information content (AvgIpc) is 1.99. The summed E-state index contributed by atoms with van der Waals surface area (Å²) in [6, 6.07) is 0. The highest BCUT2D eigenvalue weighted by Gasteiger charge is 2.02. The van der Waals surface area contributed by atoms with E-state index in [1.807, 2.05) is 0 Å². The molecule has 0 spiro atoms. The Labute approximate surface area is 66.0 Å². The summed E-state index contributed by atoms with van der Waals surface area (Å²) in [5, 5.41) is 0. The van der Waals surface area contributed by atoms with Crippen molar-refractivity contribution < 1.29 is 0 Å². The van der Waals surface area contributed by atoms with Gasteiger partial charge in [0.05, 0.1) is 0 Å². The van der Waals surface area contributed by atoms with Crippen molar-refractivity contribution in [2.24, 2.45) is 11.8 Å². The maximum absolute atomic E-state index is 2.34. The first-order valence-corrected chi connectivity index (χ1v) is 4.50. The van der Waals surface area contributed by atoms with Crippen LogP contribution in [0.25, 0.3) is 0 Å². The zero-order valence-electron chi connectivity index (χ0n) is 7.85. The minimum Gasteiger partial charge on any atom is -0.0651 e. The summed E-state index contributed by atoms with van der Waals surface area (Å²) >= 11 is 0. The fraction of sp³-hybridized carbons (Fsp3) is 0.900. The first kappa shape index (κ1) is 10.0. The summed E-state index contributed by atoms with van der Waals surface area (Å²) in [5.74, 6) is 1.73. The maximum atomic E-state index is 2.34. The minimum absolute atomic E-state index is 0.814. The molecule has 2 atom stereocenters. The standard InChI is InChI=1S/C10H21/c1-5-9(3)7-8-10(4)6-2/h5,9-10H,6-8H2,1-4H3. The largest absolute Gasteiger partial charge is 0.0651 e. The van der Waals surface area contributed by atoms with E-state index >= 15 is 0 Å². The monoisotopic (exact) mass is 141 g/mol. The van der Waals surface area contributed by atoms with Gasteiger partial charge in [-0.05, 0) is 18.3 Å². The van der Waals surface area contributed by atoms with Crippen LogP contribution in [-0.2, 0) is 0 Å². The van der Waals surface area contributed by atoms with Crippen molar-refractivity contribution in [2.75, 3.05) is 0 Å². The highest BCUT2D eigenvalue weighted by Crippen LogP contribution is 2.15. The van der Waals surface area contributed by atoms with Crippen molar-refractivity contribution in [2.45, 2.75) is 47.0 Å². The molecule has 0 aliphatic carbocycles. The lowest BCUT2D eigenvalue weighted by atomic mass is 9.95. The lowest BCUT2D eigenvalue weighted by molar-refractivity contribution is 0.449. The van der Waals surface area contributed by atoms with Gasteiger partial charge in [-0.25, -0.2) is 0 Å². The molecule has 0 N–H and O–H groups in total. The van der Waals surface area contributed by atoms with E-state index in [-0.39, 0.29) is 0 Å². The third-order valence-corrected chi connectivity index (χ3v) is 2.38. The van der Waals surface area contributed by atoms with Gasteiger partial charge in [-0.2, -0.15) is 0 Å². The van der Waals surface area contributed by atoms with Gasteiger partial charge in [0.2, 0.25) is 0 Å². The zero-order chi connectivity index (χ0) is 7.98. The molecule has 0 aromatic rings. The smallest absolute Gasteiger partial charge is 0.0389 e. The molecule has 0 saturated heterocycles. The molecule has 10 heavy (non-hydrogen) atoms. The van der Waals surface area contributed by atoms with Crippen molar-refractivity contribution in [1.82, 2.24) is 0 Å². The molecule has 0 saturated carbocycles. The van der Waals surface area contributed by atoms with Gasteiger partial charge >= 0.3 is 0 Å². The quantitative estimate of drug-likeness (QED) is 0.548. The van der Waals surface area contributed by atoms with E-state index < -0.39 is 0 Å². The average molecular weight is 141 g/mol. The van der Waals surface area contributed by atoms with E-state index in [4.69, 9.17) is 0 Å². The molecule has 0 amide bonds. The van der Waals surface area contributed by atoms with E-state index in [2.05, 4.69) is 34.1 Å². The predicted molar refractivity (Wildman–Crippen MR) is 47.8 cm³/mol. The molecule has 61 valence electrons. The van der Waals surface area contributed by atoms with Crippen LogP contribution in [0.4, 0.5) is 0 Å². The SMILES string of the molecule is C[CH]C(C)CCC(C)CC. The number of rotatable bonds is 5. The van der Waals surface area contributed by atoms with E-state index in [1.165, 1.54) is 19.3 Å². The Morgan fingerprint density at radius 3 is 2.20 bits per heavy atom. The molecule has 0 aliphatic heterocycles. The van der Waals surface area contributed by atoms with Gasteiger partial charge in [0, 0.05) is 0 Å². The minimum atomic E-state index is 0.814. The van der Waals surface area contributed by atoms with E-state index in [9.17, 15) is 0 Å². The Kier molecular flexibility index (Phi) is 5.76. The van der Waals surface area contributed by atoms with Crippen molar-refractivity contribution in [3.05, 3.63) is 6.42 Å². The van der Waals surface area contributed by atoms with Crippen molar-refractivity contribution in [3.8, 4) is 0 Å². The Balaban J connectivity index is 3.17. The van der Waals surface area contributed by atoms with Crippen LogP contribution in [0.2, 0.25) is 0 Å². The predicted octanol–water partition coefficient (Wildman–Crippen LogP) is 3.67. The Morgan fingerprint density at radius 1 is 1.20 bits per heavy atom. The van der Waals surface area contributed by atoms with Crippen LogP contribution in [0.5, 0.6) is 0 Å². The van der Waals surface area contributed by atoms with E-state index in [0.717, 1.165) is 11.8 Å². The number of hydrogen-bond donors (Lipinski definition) is 0. The zero-order valence-corrected chi connectivity index (χ0v) is 7.85. The molecule has 0 heteroatoms. The molecule has 2 unspecified atom stereocenters. The Morgan fingerprint density at radius 2 is 1.80 bits per heavy atom. The van der Waals surface area contributed by atoms with E-state index in [0.29, 0.717) is 0 Å². The third-order valence-electron chi connectivity index (χ3n) is 2.38. The second-order valence-electron chi connectivity index (χ2n) is 3.40. The van der Waals surface area contributed by atoms with Crippen LogP contribution in [0, 0.1) is 18.3 Å². The van der Waals surface area contributed by atoms with Gasteiger partial charge in [0.25, 0.3) is 0 Å². The van der Waals surface area contributed by atoms with Gasteiger partial charge in [-0.3, -0.25) is 0 Å². The topological polar surface area (TPSA) is 0 Å². The molecule has 0 rings (SSSR count). The molecule has 1 radical (unpaired) electrons. The molecule has 0 bridgehead atoms. The molecule has 0 aliphatic rings. The van der Waals surface area contributed by atoms with Crippen LogP contribution in [0.15, 0.2) is 0 Å². The van der Waals surface area contributed by atoms with Crippen LogP contribution in [-0.4, -0.2) is 0 Å². The maximum Gasteiger partial charge on any atom is -0.0389 e. The summed E-state index contributed by atoms with van der Waals surface area (Å²) in [6.07, 6.45) is 6.38. The first-order chi connectivity index (χ1) is 4.70. The van der Waals surface area contributed by atoms with Gasteiger partial charge in [-0.15, -0.1) is 0 Å². The van der Waals surface area contributed by atoms with Crippen molar-refractivity contribution >= 4 is 0 Å². The number of hydrogen-bond acceptors (Lipinski definition) is 0. The molecular formula is C10H21. The lowest BCUT2D eigenvalue weighted by Crippen LogP contribution is -1.98. The van der Waals surface area contributed by atoms with Gasteiger partial charge in [-0.1, -0.05) is 47.0 Å². The fourth-order valence-electron chi connectivity index (χ4n) is 0.918. The molecule has 0 nitrogen and oxygen atoms in total. The van der Waals surface area contributed by atoms with Crippen LogP contribution in [0.1, 0.15) is 47.0 Å². The van der Waals surface area contributed by atoms with Crippen LogP contribution < -0.4 is 0 Å². The molecular weight excluding hydrogens is 120 g/mol. The molecule has 0 aromatic heterocycles. The highest BCUT2D eigenvalue weighted by molar-refractivity contribution is 4.67. The van der Waals surface area contributed by atoms with Gasteiger partial charge in [0.1, 0.15) is 0 Å². The van der Waals surface area contributed by atoms with Crippen molar-refractivity contribution in [1.29, 1.82) is 0 Å². The highest BCUT2D eigenvalue weighted by atomic mass is 14.1. The Bertz CT molecular complexity index is 56.4. The van der Waals surface area contributed by atoms with Crippen LogP contribution >= 0.6 is 0 Å².